The van der Waals surface area contributed by atoms with Crippen molar-refractivity contribution in [3.63, 3.8) is 0 Å². The second-order valence-corrected chi connectivity index (χ2v) is 26.4. The molecule has 1 aliphatic heterocycles. The van der Waals surface area contributed by atoms with E-state index >= 15 is 0 Å². The average molecular weight is 1210 g/mol. The van der Waals surface area contributed by atoms with E-state index in [0.29, 0.717) is 11.5 Å². The van der Waals surface area contributed by atoms with Crippen molar-refractivity contribution in [2.75, 3.05) is 9.80 Å². The molecule has 3 heterocycles. The maximum atomic E-state index is 7.33. The molecule has 6 heteroatoms. The van der Waals surface area contributed by atoms with E-state index in [1.54, 1.807) is 0 Å². The molecular formula is C72H77N4OPt-3. The van der Waals surface area contributed by atoms with Crippen LogP contribution >= 0.6 is 0 Å². The summed E-state index contributed by atoms with van der Waals surface area (Å²) in [6, 6.07) is 67.2. The summed E-state index contributed by atoms with van der Waals surface area (Å²) < 4.78 is 9.60. The predicted molar refractivity (Wildman–Crippen MR) is 324 cm³/mol. The van der Waals surface area contributed by atoms with E-state index in [4.69, 9.17) is 9.72 Å². The molecule has 0 saturated heterocycles. The van der Waals surface area contributed by atoms with Gasteiger partial charge in [-0.3, -0.25) is 0 Å². The Morgan fingerprint density at radius 3 is 1.56 bits per heavy atom. The smallest absolute Gasteiger partial charge is 0.135 e. The fourth-order valence-corrected chi connectivity index (χ4v) is 11.3. The van der Waals surface area contributed by atoms with Crippen LogP contribution in [0.3, 0.4) is 0 Å². The topological polar surface area (TPSA) is 33.5 Å². The summed E-state index contributed by atoms with van der Waals surface area (Å²) >= 11 is 0. The van der Waals surface area contributed by atoms with Gasteiger partial charge in [0.1, 0.15) is 5.82 Å². The fraction of sp³-hybridized carbons (Fsp3) is 0.306. The molecule has 78 heavy (non-hydrogen) atoms. The molecule has 9 aromatic rings. The van der Waals surface area contributed by atoms with Crippen LogP contribution in [0.5, 0.6) is 11.5 Å². The predicted octanol–water partition coefficient (Wildman–Crippen LogP) is 19.2. The number of hydrogen-bond acceptors (Lipinski definition) is 4. The largest absolute Gasteiger partial charge is 0.509 e. The number of nitrogens with zero attached hydrogens (tertiary/aromatic N) is 4. The number of hydrogen-bond donors (Lipinski definition) is 0. The normalized spacial score (nSPS) is 13.9. The first-order valence-corrected chi connectivity index (χ1v) is 27.4. The Labute approximate surface area is 480 Å². The quantitative estimate of drug-likeness (QED) is 0.128. The van der Waals surface area contributed by atoms with Crippen LogP contribution in [0.15, 0.2) is 181 Å². The number of para-hydroxylation sites is 1. The van der Waals surface area contributed by atoms with Gasteiger partial charge < -0.3 is 19.1 Å². The maximum absolute atomic E-state index is 7.33. The molecule has 0 spiro atoms. The van der Waals surface area contributed by atoms with Crippen molar-refractivity contribution < 1.29 is 25.8 Å². The van der Waals surface area contributed by atoms with Gasteiger partial charge in [0.05, 0.1) is 0 Å². The Bertz CT molecular complexity index is 3670. The number of rotatable bonds is 10. The summed E-state index contributed by atoms with van der Waals surface area (Å²) in [5.74, 6) is 2.09. The third-order valence-corrected chi connectivity index (χ3v) is 15.7. The van der Waals surface area contributed by atoms with E-state index in [9.17, 15) is 0 Å². The Balaban J connectivity index is 0.00000740. The summed E-state index contributed by atoms with van der Waals surface area (Å²) in [5, 5.41) is 2.31. The third kappa shape index (κ3) is 10.6. The SMILES string of the molecule is CC(C)(C)C1=C(C(C)(C)C)N(c2cc(-c3ccccc3)cc(C(C)(C)c3ccccc3)c2)[CH-]N1c1[c-]c(Oc2[c-]c3c(c(C(C)(C)C)c2)c2ccccc2n3-c2cc(C(C)(C)C)ccn2)cc(C(C)(C)c2ccccc2)c1.[Pt]. The molecule has 0 amide bonds. The summed E-state index contributed by atoms with van der Waals surface area (Å²) in [6.45, 7) is 39.2. The van der Waals surface area contributed by atoms with E-state index in [1.165, 1.54) is 50.3 Å². The van der Waals surface area contributed by atoms with Gasteiger partial charge in [0.2, 0.25) is 0 Å². The maximum Gasteiger partial charge on any atom is 0.135 e. The fourth-order valence-electron chi connectivity index (χ4n) is 11.3. The summed E-state index contributed by atoms with van der Waals surface area (Å²) in [5.41, 5.74) is 14.4. The standard InChI is InChI=1S/C72H77N4O.Pt/c1-67(2,3)52-36-37-73-63(43-52)76-61-35-27-26-34-59(61)64-60(68(4,5)6)45-58(46-62(64)76)77-57-42-54(72(15,16)51-32-24-19-25-33-51)41-56(44-57)75-47-74(65(69(7,8)9)66(75)70(10,11)12)55-39-49(48-28-20-17-21-29-48)38-53(40-55)71(13,14)50-30-22-18-23-31-50;/h17-43,45,47H,1-16H3;/q-3;. The van der Waals surface area contributed by atoms with Gasteiger partial charge >= 0.3 is 0 Å². The minimum Gasteiger partial charge on any atom is -0.509 e. The first-order chi connectivity index (χ1) is 36.2. The minimum absolute atomic E-state index is 0. The molecule has 0 radical (unpaired) electrons. The van der Waals surface area contributed by atoms with E-state index in [-0.39, 0.29) is 48.1 Å². The Kier molecular flexibility index (Phi) is 14.7. The van der Waals surface area contributed by atoms with Crippen molar-refractivity contribution in [1.29, 1.82) is 0 Å². The molecule has 1 aliphatic rings. The van der Waals surface area contributed by atoms with Gasteiger partial charge in [-0.05, 0) is 85.3 Å². The monoisotopic (exact) mass is 1210 g/mol. The summed E-state index contributed by atoms with van der Waals surface area (Å²) in [7, 11) is 0. The van der Waals surface area contributed by atoms with Crippen molar-refractivity contribution in [1.82, 2.24) is 9.55 Å². The zero-order valence-electron chi connectivity index (χ0n) is 48.8. The number of pyridine rings is 1. The van der Waals surface area contributed by atoms with Crippen molar-refractivity contribution in [2.24, 2.45) is 10.8 Å². The molecule has 0 unspecified atom stereocenters. The molecular weight excluding hydrogens is 1130 g/mol. The molecule has 0 aliphatic carbocycles. The summed E-state index contributed by atoms with van der Waals surface area (Å²) in [6.07, 6.45) is 1.93. The van der Waals surface area contributed by atoms with Crippen molar-refractivity contribution in [3.8, 4) is 28.4 Å². The van der Waals surface area contributed by atoms with Crippen molar-refractivity contribution >= 4 is 33.2 Å². The third-order valence-electron chi connectivity index (χ3n) is 15.7. The Morgan fingerprint density at radius 1 is 0.449 bits per heavy atom. The van der Waals surface area contributed by atoms with Gasteiger partial charge in [0.15, 0.2) is 0 Å². The van der Waals surface area contributed by atoms with Gasteiger partial charge in [0.25, 0.3) is 0 Å². The molecule has 0 saturated carbocycles. The summed E-state index contributed by atoms with van der Waals surface area (Å²) in [4.78, 5) is 9.89. The van der Waals surface area contributed by atoms with Gasteiger partial charge in [-0.2, -0.15) is 0 Å². The minimum atomic E-state index is -0.413. The second kappa shape index (κ2) is 20.5. The number of anilines is 2. The molecule has 0 fully saturated rings. The van der Waals surface area contributed by atoms with Crippen LogP contribution in [0, 0.1) is 29.6 Å². The van der Waals surface area contributed by atoms with Crippen LogP contribution in [0.1, 0.15) is 144 Å². The average Bonchev–Trinajstić information content (AvgIpc) is 3.99. The molecule has 0 bridgehead atoms. The van der Waals surface area contributed by atoms with E-state index < -0.39 is 5.41 Å². The van der Waals surface area contributed by atoms with E-state index in [2.05, 4.69) is 308 Å². The molecule has 2 aromatic heterocycles. The van der Waals surface area contributed by atoms with Crippen LogP contribution in [0.2, 0.25) is 0 Å². The number of allylic oxidation sites excluding steroid dienone is 2. The van der Waals surface area contributed by atoms with Crippen molar-refractivity contribution in [2.45, 2.75) is 132 Å². The van der Waals surface area contributed by atoms with Crippen LogP contribution in [0.4, 0.5) is 11.4 Å². The molecule has 0 atom stereocenters. The van der Waals surface area contributed by atoms with Crippen LogP contribution in [-0.4, -0.2) is 9.55 Å². The second-order valence-electron chi connectivity index (χ2n) is 26.4. The van der Waals surface area contributed by atoms with Gasteiger partial charge in [-0.1, -0.05) is 237 Å². The molecule has 0 N–H and O–H groups in total. The number of fused-ring (bicyclic) bond motifs is 3. The number of aromatic nitrogens is 2. The van der Waals surface area contributed by atoms with E-state index in [1.807, 2.05) is 6.20 Å². The zero-order chi connectivity index (χ0) is 55.0. The number of benzene rings is 7. The van der Waals surface area contributed by atoms with Crippen LogP contribution in [0.25, 0.3) is 38.8 Å². The van der Waals surface area contributed by atoms with E-state index in [0.717, 1.165) is 44.6 Å². The Hall–Kier alpha value is -6.68. The molecule has 5 nitrogen and oxygen atoms in total. The Morgan fingerprint density at radius 2 is 0.987 bits per heavy atom. The van der Waals surface area contributed by atoms with Crippen molar-refractivity contribution in [3.05, 3.63) is 234 Å². The van der Waals surface area contributed by atoms with Gasteiger partial charge in [-0.25, -0.2) is 4.98 Å². The van der Waals surface area contributed by atoms with Gasteiger partial charge in [0, 0.05) is 77.6 Å². The zero-order valence-corrected chi connectivity index (χ0v) is 51.0. The first kappa shape index (κ1) is 56.1. The van der Waals surface area contributed by atoms with Crippen LogP contribution < -0.4 is 14.5 Å². The van der Waals surface area contributed by atoms with Gasteiger partial charge in [-0.15, -0.1) is 53.8 Å². The molecule has 404 valence electrons. The molecule has 7 aromatic carbocycles. The number of ether oxygens (including phenoxy) is 1. The molecule has 10 rings (SSSR count). The first-order valence-electron chi connectivity index (χ1n) is 27.4. The van der Waals surface area contributed by atoms with Crippen LogP contribution in [-0.2, 0) is 42.7 Å².